The second-order valence-electron chi connectivity index (χ2n) is 5.03. The van der Waals surface area contributed by atoms with Gasteiger partial charge in [-0.3, -0.25) is 19.6 Å². The minimum Gasteiger partial charge on any atom is -0.319 e. The molecular formula is C16H11N5O2. The fourth-order valence-corrected chi connectivity index (χ4v) is 2.72. The van der Waals surface area contributed by atoms with Gasteiger partial charge in [0.05, 0.1) is 28.2 Å². The molecule has 0 fully saturated rings. The Morgan fingerprint density at radius 3 is 2.17 bits per heavy atom. The number of rotatable bonds is 2. The third kappa shape index (κ3) is 1.87. The van der Waals surface area contributed by atoms with E-state index in [4.69, 9.17) is 5.84 Å². The molecule has 0 atom stereocenters. The predicted molar refractivity (Wildman–Crippen MR) is 81.5 cm³/mol. The Morgan fingerprint density at radius 1 is 0.913 bits per heavy atom. The van der Waals surface area contributed by atoms with Gasteiger partial charge in [0.15, 0.2) is 0 Å². The first-order valence-corrected chi connectivity index (χ1v) is 6.90. The summed E-state index contributed by atoms with van der Waals surface area (Å²) in [5.41, 5.74) is 2.11. The topological polar surface area (TPSA) is 101 Å². The lowest BCUT2D eigenvalue weighted by Crippen LogP contribution is -2.33. The summed E-state index contributed by atoms with van der Waals surface area (Å²) in [4.78, 5) is 33.3. The fraction of sp³-hybridized carbons (Fsp3) is 0. The van der Waals surface area contributed by atoms with Crippen LogP contribution in [-0.4, -0.2) is 26.8 Å². The molecule has 0 bridgehead atoms. The molecule has 0 aliphatic carbocycles. The van der Waals surface area contributed by atoms with Gasteiger partial charge in [-0.1, -0.05) is 12.1 Å². The van der Waals surface area contributed by atoms with Crippen molar-refractivity contribution in [3.05, 3.63) is 71.3 Å². The Balaban J connectivity index is 1.97. The number of hydrogen-bond acceptors (Lipinski definition) is 5. The monoisotopic (exact) mass is 305 g/mol. The number of hydrogen-bond donors (Lipinski definition) is 2. The molecule has 0 aromatic carbocycles. The van der Waals surface area contributed by atoms with E-state index in [1.54, 1.807) is 48.8 Å². The number of nitrogens with zero attached hydrogens (tertiary/aromatic N) is 3. The molecule has 4 heterocycles. The largest absolute Gasteiger partial charge is 0.319 e. The second-order valence-corrected chi connectivity index (χ2v) is 5.03. The van der Waals surface area contributed by atoms with Crippen LogP contribution in [0.4, 0.5) is 0 Å². The molecule has 7 nitrogen and oxygen atoms in total. The van der Waals surface area contributed by atoms with Crippen molar-refractivity contribution in [1.29, 1.82) is 0 Å². The zero-order valence-corrected chi connectivity index (χ0v) is 11.9. The summed E-state index contributed by atoms with van der Waals surface area (Å²) >= 11 is 0. The highest BCUT2D eigenvalue weighted by Crippen LogP contribution is 2.39. The minimum atomic E-state index is -0.459. The maximum absolute atomic E-state index is 12.6. The number of nitrogens with two attached hydrogens (primary N) is 1. The van der Waals surface area contributed by atoms with Crippen LogP contribution >= 0.6 is 0 Å². The van der Waals surface area contributed by atoms with E-state index in [1.807, 2.05) is 0 Å². The molecule has 2 amide bonds. The van der Waals surface area contributed by atoms with E-state index < -0.39 is 5.91 Å². The van der Waals surface area contributed by atoms with Gasteiger partial charge in [0, 0.05) is 12.4 Å². The molecule has 0 saturated heterocycles. The van der Waals surface area contributed by atoms with Crippen molar-refractivity contribution in [2.24, 2.45) is 5.84 Å². The van der Waals surface area contributed by atoms with Crippen molar-refractivity contribution in [2.45, 2.75) is 0 Å². The highest BCUT2D eigenvalue weighted by molar-refractivity contribution is 6.29. The molecule has 2 aliphatic heterocycles. The fourth-order valence-electron chi connectivity index (χ4n) is 2.72. The van der Waals surface area contributed by atoms with Gasteiger partial charge in [-0.15, -0.1) is 0 Å². The lowest BCUT2D eigenvalue weighted by Gasteiger charge is -2.14. The zero-order valence-electron chi connectivity index (χ0n) is 11.9. The molecule has 23 heavy (non-hydrogen) atoms. The molecule has 3 N–H and O–H groups in total. The van der Waals surface area contributed by atoms with E-state index in [-0.39, 0.29) is 17.1 Å². The zero-order chi connectivity index (χ0) is 16.0. The SMILES string of the molecule is NN1C(=O)C2=C(c3ccccn3)NC(=O)C2=C1c1ccccn1. The van der Waals surface area contributed by atoms with Crippen molar-refractivity contribution in [3.63, 3.8) is 0 Å². The Hall–Kier alpha value is -3.32. The maximum Gasteiger partial charge on any atom is 0.275 e. The third-order valence-corrected chi connectivity index (χ3v) is 3.70. The molecular weight excluding hydrogens is 294 g/mol. The standard InChI is InChI=1S/C16H11N5O2/c17-21-14(10-6-2-4-8-19-10)12-11(16(21)23)13(20-15(12)22)9-5-1-3-7-18-9/h1-8H,17H2,(H,20,22). The van der Waals surface area contributed by atoms with Gasteiger partial charge in [-0.2, -0.15) is 0 Å². The summed E-state index contributed by atoms with van der Waals surface area (Å²) in [5, 5.41) is 3.68. The summed E-state index contributed by atoms with van der Waals surface area (Å²) in [7, 11) is 0. The van der Waals surface area contributed by atoms with Crippen LogP contribution in [0, 0.1) is 0 Å². The van der Waals surface area contributed by atoms with Gasteiger partial charge < -0.3 is 5.32 Å². The van der Waals surface area contributed by atoms with E-state index in [9.17, 15) is 9.59 Å². The molecule has 7 heteroatoms. The van der Waals surface area contributed by atoms with Gasteiger partial charge in [-0.05, 0) is 24.3 Å². The summed E-state index contributed by atoms with van der Waals surface area (Å²) < 4.78 is 0. The van der Waals surface area contributed by atoms with Crippen LogP contribution in [0.15, 0.2) is 59.9 Å². The Labute approximate surface area is 131 Å². The number of fused-ring (bicyclic) bond motifs is 1. The van der Waals surface area contributed by atoms with E-state index >= 15 is 0 Å². The molecule has 2 aliphatic rings. The summed E-state index contributed by atoms with van der Waals surface area (Å²) in [5.74, 6) is 5.05. The van der Waals surface area contributed by atoms with Gasteiger partial charge in [0.25, 0.3) is 11.8 Å². The Morgan fingerprint density at radius 2 is 1.57 bits per heavy atom. The van der Waals surface area contributed by atoms with Crippen molar-refractivity contribution in [1.82, 2.24) is 20.3 Å². The van der Waals surface area contributed by atoms with Crippen LogP contribution in [0.5, 0.6) is 0 Å². The molecule has 0 spiro atoms. The van der Waals surface area contributed by atoms with Gasteiger partial charge in [-0.25, -0.2) is 10.9 Å². The molecule has 2 aromatic heterocycles. The Kier molecular flexibility index (Phi) is 2.82. The van der Waals surface area contributed by atoms with Crippen molar-refractivity contribution < 1.29 is 9.59 Å². The summed E-state index contributed by atoms with van der Waals surface area (Å²) in [6, 6.07) is 10.5. The number of amides is 2. The maximum atomic E-state index is 12.6. The van der Waals surface area contributed by atoms with Crippen LogP contribution in [0.25, 0.3) is 11.4 Å². The highest BCUT2D eigenvalue weighted by atomic mass is 16.2. The van der Waals surface area contributed by atoms with Crippen molar-refractivity contribution in [3.8, 4) is 0 Å². The highest BCUT2D eigenvalue weighted by Gasteiger charge is 2.45. The van der Waals surface area contributed by atoms with Crippen molar-refractivity contribution >= 4 is 23.2 Å². The third-order valence-electron chi connectivity index (χ3n) is 3.70. The lowest BCUT2D eigenvalue weighted by molar-refractivity contribution is -0.123. The first kappa shape index (κ1) is 13.4. The molecule has 2 aromatic rings. The van der Waals surface area contributed by atoms with Crippen LogP contribution in [-0.2, 0) is 9.59 Å². The predicted octanol–water partition coefficient (Wildman–Crippen LogP) is 0.445. The smallest absolute Gasteiger partial charge is 0.275 e. The van der Waals surface area contributed by atoms with Crippen molar-refractivity contribution in [2.75, 3.05) is 0 Å². The average Bonchev–Trinajstić information content (AvgIpc) is 3.06. The van der Waals surface area contributed by atoms with Crippen LogP contribution in [0.3, 0.4) is 0 Å². The normalized spacial score (nSPS) is 17.0. The number of hydrazine groups is 1. The average molecular weight is 305 g/mol. The molecule has 4 rings (SSSR count). The Bertz CT molecular complexity index is 887. The van der Waals surface area contributed by atoms with Gasteiger partial charge >= 0.3 is 0 Å². The molecule has 112 valence electrons. The molecule has 0 radical (unpaired) electrons. The number of carbonyl (C=O) groups is 2. The number of aromatic nitrogens is 2. The number of carbonyl (C=O) groups excluding carboxylic acids is 2. The number of pyridine rings is 2. The second kappa shape index (κ2) is 4.85. The van der Waals surface area contributed by atoms with E-state index in [0.29, 0.717) is 22.8 Å². The molecule has 0 unspecified atom stereocenters. The van der Waals surface area contributed by atoms with Crippen LogP contribution in [0.2, 0.25) is 0 Å². The quantitative estimate of drug-likeness (QED) is 0.619. The molecule has 0 saturated carbocycles. The van der Waals surface area contributed by atoms with E-state index in [0.717, 1.165) is 5.01 Å². The number of nitrogens with one attached hydrogen (secondary N) is 1. The minimum absolute atomic E-state index is 0.233. The van der Waals surface area contributed by atoms with Crippen LogP contribution in [0.1, 0.15) is 11.4 Å². The van der Waals surface area contributed by atoms with E-state index in [1.165, 1.54) is 0 Å². The van der Waals surface area contributed by atoms with Gasteiger partial charge in [0.1, 0.15) is 5.70 Å². The van der Waals surface area contributed by atoms with Crippen LogP contribution < -0.4 is 11.2 Å². The summed E-state index contributed by atoms with van der Waals surface area (Å²) in [6.07, 6.45) is 3.17. The van der Waals surface area contributed by atoms with E-state index in [2.05, 4.69) is 15.3 Å². The summed E-state index contributed by atoms with van der Waals surface area (Å²) in [6.45, 7) is 0. The lowest BCUT2D eigenvalue weighted by atomic mass is 10.1. The van der Waals surface area contributed by atoms with Gasteiger partial charge in [0.2, 0.25) is 0 Å². The first-order valence-electron chi connectivity index (χ1n) is 6.90. The first-order chi connectivity index (χ1) is 11.2.